The number of fused-ring (bicyclic) bond motifs is 2. The van der Waals surface area contributed by atoms with Gasteiger partial charge in [0.15, 0.2) is 0 Å². The van der Waals surface area contributed by atoms with Crippen molar-refractivity contribution >= 4 is 22.8 Å². The van der Waals surface area contributed by atoms with E-state index in [1.165, 1.54) is 17.5 Å². The second-order valence-corrected chi connectivity index (χ2v) is 7.12. The number of benzene rings is 2. The van der Waals surface area contributed by atoms with Gasteiger partial charge >= 0.3 is 5.97 Å². The Morgan fingerprint density at radius 1 is 1.07 bits per heavy atom. The number of aromatic amines is 1. The Morgan fingerprint density at radius 3 is 2.67 bits per heavy atom. The molecular formula is C22H22N2O3. The number of carbonyl (C=O) groups is 2. The molecule has 1 unspecified atom stereocenters. The fraction of sp³-hybridized carbons (Fsp3) is 0.273. The zero-order chi connectivity index (χ0) is 18.8. The number of aromatic nitrogens is 1. The van der Waals surface area contributed by atoms with Gasteiger partial charge in [0.1, 0.15) is 6.04 Å². The van der Waals surface area contributed by atoms with Crippen molar-refractivity contribution < 1.29 is 14.7 Å². The molecule has 1 heterocycles. The maximum absolute atomic E-state index is 12.7. The molecule has 1 aromatic heterocycles. The number of hydrogen-bond acceptors (Lipinski definition) is 2. The van der Waals surface area contributed by atoms with Gasteiger partial charge in [0, 0.05) is 29.1 Å². The fourth-order valence-electron chi connectivity index (χ4n) is 3.84. The van der Waals surface area contributed by atoms with Gasteiger partial charge in [0.25, 0.3) is 5.91 Å². The minimum absolute atomic E-state index is 0.232. The lowest BCUT2D eigenvalue weighted by Gasteiger charge is -2.18. The number of aryl methyl sites for hydroxylation is 2. The average molecular weight is 362 g/mol. The minimum atomic E-state index is -1.04. The van der Waals surface area contributed by atoms with E-state index in [0.29, 0.717) is 5.56 Å². The fourth-order valence-corrected chi connectivity index (χ4v) is 3.84. The highest BCUT2D eigenvalue weighted by Crippen LogP contribution is 2.23. The second kappa shape index (κ2) is 7.27. The maximum Gasteiger partial charge on any atom is 0.326 e. The van der Waals surface area contributed by atoms with Crippen LogP contribution in [0, 0.1) is 0 Å². The van der Waals surface area contributed by atoms with Gasteiger partial charge in [-0.1, -0.05) is 24.3 Å². The Morgan fingerprint density at radius 2 is 1.85 bits per heavy atom. The molecule has 0 spiro atoms. The molecule has 0 fully saturated rings. The molecule has 0 radical (unpaired) electrons. The van der Waals surface area contributed by atoms with Gasteiger partial charge in [-0.3, -0.25) is 4.79 Å². The number of rotatable bonds is 5. The molecule has 2 aromatic carbocycles. The van der Waals surface area contributed by atoms with Crippen LogP contribution in [0.5, 0.6) is 0 Å². The SMILES string of the molecule is O=C(NC(Cc1c[nH]c2ccccc12)C(=O)O)c1ccc2c(c1)CCCC2. The molecule has 0 saturated heterocycles. The van der Waals surface area contributed by atoms with Crippen molar-refractivity contribution in [1.82, 2.24) is 10.3 Å². The standard InChI is InChI=1S/C22H22N2O3/c25-21(16-10-9-14-5-1-2-6-15(14)11-16)24-20(22(26)27)12-17-13-23-19-8-4-3-7-18(17)19/h3-4,7-11,13,20,23H,1-2,5-6,12H2,(H,24,25)(H,26,27). The molecule has 1 atom stereocenters. The van der Waals surface area contributed by atoms with E-state index in [-0.39, 0.29) is 12.3 Å². The molecule has 0 bridgehead atoms. The molecule has 27 heavy (non-hydrogen) atoms. The third kappa shape index (κ3) is 3.58. The van der Waals surface area contributed by atoms with E-state index >= 15 is 0 Å². The predicted octanol–water partition coefficient (Wildman–Crippen LogP) is 3.47. The number of aliphatic carboxylic acids is 1. The van der Waals surface area contributed by atoms with Crippen molar-refractivity contribution in [3.8, 4) is 0 Å². The first kappa shape index (κ1) is 17.3. The van der Waals surface area contributed by atoms with E-state index < -0.39 is 12.0 Å². The molecule has 5 nitrogen and oxygen atoms in total. The molecule has 3 aromatic rings. The molecule has 5 heteroatoms. The Labute approximate surface area is 157 Å². The first-order valence-corrected chi connectivity index (χ1v) is 9.32. The van der Waals surface area contributed by atoms with Crippen molar-refractivity contribution in [3.05, 3.63) is 70.9 Å². The van der Waals surface area contributed by atoms with Gasteiger partial charge in [0.2, 0.25) is 0 Å². The zero-order valence-electron chi connectivity index (χ0n) is 15.0. The molecule has 0 aliphatic heterocycles. The topological polar surface area (TPSA) is 82.2 Å². The summed E-state index contributed by atoms with van der Waals surface area (Å²) in [7, 11) is 0. The normalized spacial score (nSPS) is 14.5. The number of nitrogens with one attached hydrogen (secondary N) is 2. The molecule has 1 aliphatic carbocycles. The van der Waals surface area contributed by atoms with E-state index in [4.69, 9.17) is 0 Å². The summed E-state index contributed by atoms with van der Waals surface area (Å²) < 4.78 is 0. The molecule has 1 amide bonds. The molecule has 3 N–H and O–H groups in total. The van der Waals surface area contributed by atoms with E-state index in [1.54, 1.807) is 6.07 Å². The number of carbonyl (C=O) groups excluding carboxylic acids is 1. The summed E-state index contributed by atoms with van der Waals surface area (Å²) in [4.78, 5) is 27.5. The van der Waals surface area contributed by atoms with Crippen LogP contribution in [0.25, 0.3) is 10.9 Å². The molecule has 4 rings (SSSR count). The van der Waals surface area contributed by atoms with Gasteiger partial charge in [-0.2, -0.15) is 0 Å². The lowest BCUT2D eigenvalue weighted by Crippen LogP contribution is -2.42. The van der Waals surface area contributed by atoms with Crippen LogP contribution < -0.4 is 5.32 Å². The van der Waals surface area contributed by atoms with E-state index in [0.717, 1.165) is 35.7 Å². The summed E-state index contributed by atoms with van der Waals surface area (Å²) in [6.45, 7) is 0. The summed E-state index contributed by atoms with van der Waals surface area (Å²) in [5.74, 6) is -1.37. The number of hydrogen-bond donors (Lipinski definition) is 3. The number of para-hydroxylation sites is 1. The summed E-state index contributed by atoms with van der Waals surface area (Å²) in [5, 5.41) is 13.3. The first-order valence-electron chi connectivity index (χ1n) is 9.32. The molecule has 1 aliphatic rings. The third-order valence-electron chi connectivity index (χ3n) is 5.31. The van der Waals surface area contributed by atoms with Crippen LogP contribution in [0.4, 0.5) is 0 Å². The summed E-state index contributed by atoms with van der Waals surface area (Å²) >= 11 is 0. The number of amides is 1. The minimum Gasteiger partial charge on any atom is -0.480 e. The van der Waals surface area contributed by atoms with E-state index in [9.17, 15) is 14.7 Å². The van der Waals surface area contributed by atoms with Crippen molar-refractivity contribution in [1.29, 1.82) is 0 Å². The van der Waals surface area contributed by atoms with Crippen molar-refractivity contribution in [3.63, 3.8) is 0 Å². The zero-order valence-corrected chi connectivity index (χ0v) is 15.0. The molecule has 138 valence electrons. The smallest absolute Gasteiger partial charge is 0.326 e. The quantitative estimate of drug-likeness (QED) is 0.650. The number of carboxylic acids is 1. The van der Waals surface area contributed by atoms with Crippen molar-refractivity contribution in [2.24, 2.45) is 0 Å². The number of carboxylic acid groups (broad SMARTS) is 1. The van der Waals surface area contributed by atoms with Crippen LogP contribution in [-0.4, -0.2) is 28.0 Å². The van der Waals surface area contributed by atoms with Gasteiger partial charge in [-0.05, 0) is 60.6 Å². The summed E-state index contributed by atoms with van der Waals surface area (Å²) in [6.07, 6.45) is 6.39. The highest BCUT2D eigenvalue weighted by atomic mass is 16.4. The molecular weight excluding hydrogens is 340 g/mol. The second-order valence-electron chi connectivity index (χ2n) is 7.12. The van der Waals surface area contributed by atoms with Crippen LogP contribution in [0.2, 0.25) is 0 Å². The first-order chi connectivity index (χ1) is 13.1. The highest BCUT2D eigenvalue weighted by Gasteiger charge is 2.23. The lowest BCUT2D eigenvalue weighted by molar-refractivity contribution is -0.139. The Bertz CT molecular complexity index is 1010. The van der Waals surface area contributed by atoms with Crippen molar-refractivity contribution in [2.45, 2.75) is 38.1 Å². The summed E-state index contributed by atoms with van der Waals surface area (Å²) in [6, 6.07) is 12.5. The molecule has 0 saturated carbocycles. The van der Waals surface area contributed by atoms with Gasteiger partial charge in [-0.15, -0.1) is 0 Å². The van der Waals surface area contributed by atoms with Crippen molar-refractivity contribution in [2.75, 3.05) is 0 Å². The van der Waals surface area contributed by atoms with E-state index in [1.807, 2.05) is 42.6 Å². The summed E-state index contributed by atoms with van der Waals surface area (Å²) in [5.41, 5.74) is 4.87. The Balaban J connectivity index is 1.53. The largest absolute Gasteiger partial charge is 0.480 e. The highest BCUT2D eigenvalue weighted by molar-refractivity contribution is 5.97. The third-order valence-corrected chi connectivity index (χ3v) is 5.31. The van der Waals surface area contributed by atoms with E-state index in [2.05, 4.69) is 10.3 Å². The van der Waals surface area contributed by atoms with Crippen LogP contribution in [0.1, 0.15) is 39.9 Å². The van der Waals surface area contributed by atoms with Gasteiger partial charge in [0.05, 0.1) is 0 Å². The van der Waals surface area contributed by atoms with Crippen LogP contribution >= 0.6 is 0 Å². The lowest BCUT2D eigenvalue weighted by atomic mass is 9.90. The Hall–Kier alpha value is -3.08. The number of H-pyrrole nitrogens is 1. The van der Waals surface area contributed by atoms with Crippen LogP contribution in [0.3, 0.4) is 0 Å². The predicted molar refractivity (Wildman–Crippen MR) is 104 cm³/mol. The monoisotopic (exact) mass is 362 g/mol. The Kier molecular flexibility index (Phi) is 4.67. The van der Waals surface area contributed by atoms with Crippen LogP contribution in [0.15, 0.2) is 48.7 Å². The maximum atomic E-state index is 12.7. The van der Waals surface area contributed by atoms with Crippen LogP contribution in [-0.2, 0) is 24.1 Å². The van der Waals surface area contributed by atoms with Gasteiger partial charge in [-0.25, -0.2) is 4.79 Å². The average Bonchev–Trinajstić information content (AvgIpc) is 3.10. The van der Waals surface area contributed by atoms with Gasteiger partial charge < -0.3 is 15.4 Å².